The van der Waals surface area contributed by atoms with Crippen molar-refractivity contribution in [2.45, 2.75) is 33.2 Å². The first-order valence-electron chi connectivity index (χ1n) is 6.59. The number of nitrogens with one attached hydrogen (secondary N) is 1. The summed E-state index contributed by atoms with van der Waals surface area (Å²) in [6.45, 7) is 3.63. The molecule has 1 aliphatic heterocycles. The summed E-state index contributed by atoms with van der Waals surface area (Å²) in [5.41, 5.74) is 6.49. The minimum atomic E-state index is -0.224. The molecule has 0 aromatic carbocycles. The zero-order valence-corrected chi connectivity index (χ0v) is 11.1. The van der Waals surface area contributed by atoms with Gasteiger partial charge in [0.1, 0.15) is 5.82 Å². The number of nitrogens with zero attached hydrogens (tertiary/aromatic N) is 2. The standard InChI is InChI=1S/C13H20N4O2.CH4/c1-2-19-13(18)17-8-5-10(6-9-17)16-12-11(14)4-3-7-15-12;/h3-4,7,10H,2,5-6,8-9,14H2,1H3,(H,15,16);1H4. The molecular formula is C14H24N4O2. The third kappa shape index (κ3) is 4.01. The largest absolute Gasteiger partial charge is 0.450 e. The van der Waals surface area contributed by atoms with Crippen LogP contribution in [0.25, 0.3) is 0 Å². The second-order valence-corrected chi connectivity index (χ2v) is 4.55. The van der Waals surface area contributed by atoms with E-state index in [9.17, 15) is 4.79 Å². The van der Waals surface area contributed by atoms with Gasteiger partial charge in [-0.1, -0.05) is 7.43 Å². The molecule has 20 heavy (non-hydrogen) atoms. The number of hydrogen-bond donors (Lipinski definition) is 2. The topological polar surface area (TPSA) is 80.5 Å². The molecule has 0 radical (unpaired) electrons. The van der Waals surface area contributed by atoms with E-state index in [4.69, 9.17) is 10.5 Å². The fourth-order valence-electron chi connectivity index (χ4n) is 2.15. The number of hydrogen-bond acceptors (Lipinski definition) is 5. The van der Waals surface area contributed by atoms with Crippen molar-refractivity contribution in [2.75, 3.05) is 30.7 Å². The van der Waals surface area contributed by atoms with E-state index >= 15 is 0 Å². The molecule has 2 heterocycles. The number of ether oxygens (including phenoxy) is 1. The Morgan fingerprint density at radius 3 is 2.85 bits per heavy atom. The van der Waals surface area contributed by atoms with E-state index in [2.05, 4.69) is 10.3 Å². The summed E-state index contributed by atoms with van der Waals surface area (Å²) in [5, 5.41) is 3.33. The van der Waals surface area contributed by atoms with E-state index in [0.29, 0.717) is 31.4 Å². The summed E-state index contributed by atoms with van der Waals surface area (Å²) < 4.78 is 4.99. The van der Waals surface area contributed by atoms with Gasteiger partial charge in [0, 0.05) is 25.3 Å². The zero-order chi connectivity index (χ0) is 13.7. The third-order valence-corrected chi connectivity index (χ3v) is 3.20. The highest BCUT2D eigenvalue weighted by Crippen LogP contribution is 2.19. The molecule has 112 valence electrons. The molecule has 1 amide bonds. The van der Waals surface area contributed by atoms with Gasteiger partial charge in [-0.2, -0.15) is 0 Å². The Kier molecular flexibility index (Phi) is 6.09. The number of likely N-dealkylation sites (tertiary alicyclic amines) is 1. The van der Waals surface area contributed by atoms with Gasteiger partial charge >= 0.3 is 6.09 Å². The van der Waals surface area contributed by atoms with Gasteiger partial charge in [0.2, 0.25) is 0 Å². The molecule has 1 saturated heterocycles. The average molecular weight is 280 g/mol. The Morgan fingerprint density at radius 2 is 2.25 bits per heavy atom. The van der Waals surface area contributed by atoms with Gasteiger partial charge in [-0.25, -0.2) is 9.78 Å². The average Bonchev–Trinajstić information content (AvgIpc) is 2.42. The molecule has 0 saturated carbocycles. The molecule has 0 unspecified atom stereocenters. The Morgan fingerprint density at radius 1 is 1.55 bits per heavy atom. The van der Waals surface area contributed by atoms with Crippen LogP contribution < -0.4 is 11.1 Å². The van der Waals surface area contributed by atoms with E-state index in [1.165, 1.54) is 0 Å². The maximum atomic E-state index is 11.6. The lowest BCUT2D eigenvalue weighted by Crippen LogP contribution is -2.42. The lowest BCUT2D eigenvalue weighted by atomic mass is 10.1. The molecule has 1 fully saturated rings. The predicted molar refractivity (Wildman–Crippen MR) is 80.6 cm³/mol. The molecule has 6 heteroatoms. The molecule has 1 aliphatic rings. The van der Waals surface area contributed by atoms with Gasteiger partial charge in [-0.05, 0) is 31.9 Å². The number of nitrogen functional groups attached to an aromatic ring is 1. The minimum absolute atomic E-state index is 0. The van der Waals surface area contributed by atoms with Crippen LogP contribution in [-0.2, 0) is 4.74 Å². The number of pyridine rings is 1. The predicted octanol–water partition coefficient (Wildman–Crippen LogP) is 2.33. The molecule has 1 aromatic heterocycles. The van der Waals surface area contributed by atoms with Gasteiger partial charge in [-0.15, -0.1) is 0 Å². The number of piperidine rings is 1. The summed E-state index contributed by atoms with van der Waals surface area (Å²) in [6.07, 6.45) is 3.23. The van der Waals surface area contributed by atoms with E-state index < -0.39 is 0 Å². The van der Waals surface area contributed by atoms with E-state index in [1.807, 2.05) is 19.1 Å². The number of amides is 1. The van der Waals surface area contributed by atoms with Crippen LogP contribution in [0.15, 0.2) is 18.3 Å². The molecule has 0 atom stereocenters. The van der Waals surface area contributed by atoms with Crippen LogP contribution >= 0.6 is 0 Å². The highest BCUT2D eigenvalue weighted by atomic mass is 16.6. The van der Waals surface area contributed by atoms with E-state index in [-0.39, 0.29) is 13.5 Å². The van der Waals surface area contributed by atoms with E-state index in [0.717, 1.165) is 18.7 Å². The molecule has 0 spiro atoms. The van der Waals surface area contributed by atoms with Crippen LogP contribution in [0, 0.1) is 0 Å². The van der Waals surface area contributed by atoms with Crippen LogP contribution in [0.5, 0.6) is 0 Å². The second-order valence-electron chi connectivity index (χ2n) is 4.55. The third-order valence-electron chi connectivity index (χ3n) is 3.20. The minimum Gasteiger partial charge on any atom is -0.450 e. The fourth-order valence-corrected chi connectivity index (χ4v) is 2.15. The van der Waals surface area contributed by atoms with Crippen LogP contribution in [-0.4, -0.2) is 41.7 Å². The summed E-state index contributed by atoms with van der Waals surface area (Å²) in [5.74, 6) is 0.720. The van der Waals surface area contributed by atoms with Crippen molar-refractivity contribution in [3.8, 4) is 0 Å². The smallest absolute Gasteiger partial charge is 0.409 e. The second kappa shape index (κ2) is 7.57. The Bertz CT molecular complexity index is 431. The van der Waals surface area contributed by atoms with Crippen molar-refractivity contribution in [3.05, 3.63) is 18.3 Å². The first kappa shape index (κ1) is 16.1. The molecule has 1 aromatic rings. The maximum Gasteiger partial charge on any atom is 0.409 e. The number of nitrogens with two attached hydrogens (primary N) is 1. The number of aromatic nitrogens is 1. The SMILES string of the molecule is C.CCOC(=O)N1CCC(Nc2ncccc2N)CC1. The quantitative estimate of drug-likeness (QED) is 0.888. The highest BCUT2D eigenvalue weighted by molar-refractivity contribution is 5.67. The summed E-state index contributed by atoms with van der Waals surface area (Å²) in [4.78, 5) is 17.5. The number of carbonyl (C=O) groups excluding carboxylic acids is 1. The van der Waals surface area contributed by atoms with Crippen molar-refractivity contribution in [1.29, 1.82) is 0 Å². The summed E-state index contributed by atoms with van der Waals surface area (Å²) in [6, 6.07) is 3.93. The Hall–Kier alpha value is -1.98. The number of anilines is 2. The highest BCUT2D eigenvalue weighted by Gasteiger charge is 2.23. The Labute approximate surface area is 120 Å². The van der Waals surface area contributed by atoms with Gasteiger partial charge in [0.05, 0.1) is 12.3 Å². The van der Waals surface area contributed by atoms with Crippen molar-refractivity contribution < 1.29 is 9.53 Å². The molecule has 0 bridgehead atoms. The summed E-state index contributed by atoms with van der Waals surface area (Å²) >= 11 is 0. The number of carbonyl (C=O) groups is 1. The van der Waals surface area contributed by atoms with Crippen LogP contribution in [0.3, 0.4) is 0 Å². The van der Waals surface area contributed by atoms with Crippen molar-refractivity contribution in [3.63, 3.8) is 0 Å². The lowest BCUT2D eigenvalue weighted by molar-refractivity contribution is 0.0983. The monoisotopic (exact) mass is 280 g/mol. The Balaban J connectivity index is 0.00000200. The van der Waals surface area contributed by atoms with Crippen LogP contribution in [0.2, 0.25) is 0 Å². The van der Waals surface area contributed by atoms with E-state index in [1.54, 1.807) is 11.1 Å². The van der Waals surface area contributed by atoms with Crippen LogP contribution in [0.4, 0.5) is 16.3 Å². The first-order chi connectivity index (χ1) is 9.20. The van der Waals surface area contributed by atoms with Gasteiger partial charge in [0.15, 0.2) is 0 Å². The van der Waals surface area contributed by atoms with Crippen molar-refractivity contribution in [2.24, 2.45) is 0 Å². The maximum absolute atomic E-state index is 11.6. The molecule has 3 N–H and O–H groups in total. The normalized spacial score (nSPS) is 15.3. The van der Waals surface area contributed by atoms with Crippen molar-refractivity contribution in [1.82, 2.24) is 9.88 Å². The first-order valence-corrected chi connectivity index (χ1v) is 6.59. The number of rotatable bonds is 3. The van der Waals surface area contributed by atoms with Gasteiger partial charge in [0.25, 0.3) is 0 Å². The molecule has 6 nitrogen and oxygen atoms in total. The lowest BCUT2D eigenvalue weighted by Gasteiger charge is -2.32. The summed E-state index contributed by atoms with van der Waals surface area (Å²) in [7, 11) is 0. The van der Waals surface area contributed by atoms with Crippen molar-refractivity contribution >= 4 is 17.6 Å². The molecule has 0 aliphatic carbocycles. The fraction of sp³-hybridized carbons (Fsp3) is 0.571. The van der Waals surface area contributed by atoms with Crippen LogP contribution in [0.1, 0.15) is 27.2 Å². The molecular weight excluding hydrogens is 256 g/mol. The zero-order valence-electron chi connectivity index (χ0n) is 11.1. The van der Waals surface area contributed by atoms with Gasteiger partial charge < -0.3 is 20.7 Å². The van der Waals surface area contributed by atoms with Gasteiger partial charge in [-0.3, -0.25) is 0 Å². The molecule has 2 rings (SSSR count).